The lowest BCUT2D eigenvalue weighted by molar-refractivity contribution is -0.384. The Balaban J connectivity index is 1.76. The Morgan fingerprint density at radius 1 is 1.43 bits per heavy atom. The summed E-state index contributed by atoms with van der Waals surface area (Å²) in [6.45, 7) is -0.0197. The number of nitrogens with one attached hydrogen (secondary N) is 1. The van der Waals surface area contributed by atoms with Gasteiger partial charge in [-0.25, -0.2) is 10.1 Å². The quantitative estimate of drug-likeness (QED) is 0.318. The van der Waals surface area contributed by atoms with Crippen molar-refractivity contribution in [2.75, 3.05) is 12.8 Å². The zero-order valence-electron chi connectivity index (χ0n) is 14.3. The van der Waals surface area contributed by atoms with Gasteiger partial charge in [-0.05, 0) is 28.0 Å². The minimum Gasteiger partial charge on any atom is -0.378 e. The van der Waals surface area contributed by atoms with E-state index in [0.717, 1.165) is 0 Å². The molecule has 0 aliphatic heterocycles. The van der Waals surface area contributed by atoms with Gasteiger partial charge in [0.2, 0.25) is 11.6 Å². The third-order valence-corrected chi connectivity index (χ3v) is 3.44. The molecule has 0 fully saturated rings. The Morgan fingerprint density at radius 3 is 2.79 bits per heavy atom. The summed E-state index contributed by atoms with van der Waals surface area (Å²) in [6, 6.07) is 5.62. The average molecular weight is 387 g/mol. The van der Waals surface area contributed by atoms with Crippen molar-refractivity contribution < 1.29 is 19.1 Å². The average Bonchev–Trinajstić information content (AvgIpc) is 3.28. The van der Waals surface area contributed by atoms with Crippen LogP contribution in [-0.4, -0.2) is 49.5 Å². The number of carbonyl (C=O) groups excluding carboxylic acids is 1. The lowest BCUT2D eigenvalue weighted by Gasteiger charge is -2.03. The third kappa shape index (κ3) is 3.80. The first kappa shape index (κ1) is 18.6. The number of rotatable bonds is 7. The van der Waals surface area contributed by atoms with Gasteiger partial charge in [0.1, 0.15) is 5.69 Å². The third-order valence-electron chi connectivity index (χ3n) is 3.44. The van der Waals surface area contributed by atoms with Gasteiger partial charge in [-0.15, -0.1) is 5.10 Å². The minimum absolute atomic E-state index is 0.0197. The summed E-state index contributed by atoms with van der Waals surface area (Å²) in [5, 5.41) is 29.1. The molecule has 14 nitrogen and oxygen atoms in total. The zero-order valence-corrected chi connectivity index (χ0v) is 14.3. The molecule has 1 amide bonds. The second-order valence-electron chi connectivity index (χ2n) is 5.25. The fraction of sp³-hybridized carbons (Fsp3) is 0.143. The zero-order chi connectivity index (χ0) is 20.1. The predicted molar refractivity (Wildman–Crippen MR) is 92.5 cm³/mol. The van der Waals surface area contributed by atoms with Crippen LogP contribution in [-0.2, 0) is 11.3 Å². The second-order valence-corrected chi connectivity index (χ2v) is 5.25. The maximum Gasteiger partial charge on any atom is 0.293 e. The van der Waals surface area contributed by atoms with E-state index >= 15 is 0 Å². The molecular formula is C14H13N9O5. The smallest absolute Gasteiger partial charge is 0.293 e. The second kappa shape index (κ2) is 8.00. The molecular weight excluding hydrogens is 374 g/mol. The van der Waals surface area contributed by atoms with Crippen LogP contribution in [0.5, 0.6) is 0 Å². The Labute approximate surface area is 156 Å². The molecule has 0 aliphatic carbocycles. The van der Waals surface area contributed by atoms with Crippen molar-refractivity contribution in [3.8, 4) is 5.82 Å². The van der Waals surface area contributed by atoms with Gasteiger partial charge in [-0.1, -0.05) is 5.21 Å². The Hall–Kier alpha value is -4.20. The molecule has 0 radical (unpaired) electrons. The van der Waals surface area contributed by atoms with Crippen LogP contribution in [0.4, 0.5) is 11.5 Å². The molecule has 144 valence electrons. The standard InChI is InChI=1S/C14H13N9O5/c1-27-7-10-11(17-21-22(10)13-12(15)19-28-20-13)14(24)18-16-6-8-2-4-9(5-3-8)23(25)26/h2-6H,7H2,1H3,(H2,15,19)(H,18,24). The Bertz CT molecular complexity index is 1020. The van der Waals surface area contributed by atoms with Crippen LogP contribution < -0.4 is 11.2 Å². The van der Waals surface area contributed by atoms with Crippen LogP contribution in [0.25, 0.3) is 5.82 Å². The maximum atomic E-state index is 12.4. The van der Waals surface area contributed by atoms with Crippen molar-refractivity contribution in [2.45, 2.75) is 6.61 Å². The molecule has 0 unspecified atom stereocenters. The monoisotopic (exact) mass is 387 g/mol. The van der Waals surface area contributed by atoms with E-state index in [1.165, 1.54) is 42.3 Å². The van der Waals surface area contributed by atoms with E-state index in [1.807, 2.05) is 0 Å². The van der Waals surface area contributed by atoms with Crippen molar-refractivity contribution in [3.63, 3.8) is 0 Å². The number of amides is 1. The van der Waals surface area contributed by atoms with Gasteiger partial charge in [0.15, 0.2) is 5.69 Å². The molecule has 2 aromatic heterocycles. The Morgan fingerprint density at radius 2 is 2.18 bits per heavy atom. The van der Waals surface area contributed by atoms with Gasteiger partial charge in [-0.2, -0.15) is 9.78 Å². The van der Waals surface area contributed by atoms with E-state index in [9.17, 15) is 14.9 Å². The van der Waals surface area contributed by atoms with E-state index in [-0.39, 0.29) is 35.3 Å². The number of anilines is 1. The number of nitrogens with two attached hydrogens (primary N) is 1. The highest BCUT2D eigenvalue weighted by atomic mass is 16.6. The highest BCUT2D eigenvalue weighted by Crippen LogP contribution is 2.16. The van der Waals surface area contributed by atoms with Crippen LogP contribution in [0.3, 0.4) is 0 Å². The van der Waals surface area contributed by atoms with Crippen molar-refractivity contribution in [2.24, 2.45) is 5.10 Å². The lowest BCUT2D eigenvalue weighted by atomic mass is 10.2. The first-order chi connectivity index (χ1) is 13.5. The summed E-state index contributed by atoms with van der Waals surface area (Å²) < 4.78 is 10.8. The number of non-ortho nitro benzene ring substituents is 1. The lowest BCUT2D eigenvalue weighted by Crippen LogP contribution is -2.20. The van der Waals surface area contributed by atoms with Gasteiger partial charge in [-0.3, -0.25) is 14.9 Å². The normalized spacial score (nSPS) is 11.0. The van der Waals surface area contributed by atoms with Crippen molar-refractivity contribution in [1.29, 1.82) is 0 Å². The highest BCUT2D eigenvalue weighted by molar-refractivity contribution is 5.94. The van der Waals surface area contributed by atoms with Crippen LogP contribution in [0.2, 0.25) is 0 Å². The molecule has 0 atom stereocenters. The van der Waals surface area contributed by atoms with Crippen molar-refractivity contribution >= 4 is 23.6 Å². The molecule has 1 aromatic carbocycles. The van der Waals surface area contributed by atoms with Crippen LogP contribution in [0.1, 0.15) is 21.7 Å². The number of nitro benzene ring substituents is 1. The van der Waals surface area contributed by atoms with Gasteiger partial charge >= 0.3 is 0 Å². The van der Waals surface area contributed by atoms with Gasteiger partial charge < -0.3 is 10.5 Å². The summed E-state index contributed by atoms with van der Waals surface area (Å²) >= 11 is 0. The largest absolute Gasteiger partial charge is 0.378 e. The number of nitrogens with zero attached hydrogens (tertiary/aromatic N) is 7. The molecule has 2 heterocycles. The number of hydrogen-bond donors (Lipinski definition) is 2. The number of hydrazone groups is 1. The van der Waals surface area contributed by atoms with Crippen molar-refractivity contribution in [1.82, 2.24) is 30.7 Å². The number of ether oxygens (including phenoxy) is 1. The first-order valence-corrected chi connectivity index (χ1v) is 7.61. The molecule has 0 saturated heterocycles. The number of methoxy groups -OCH3 is 1. The molecule has 0 saturated carbocycles. The molecule has 28 heavy (non-hydrogen) atoms. The van der Waals surface area contributed by atoms with Crippen LogP contribution in [0.15, 0.2) is 34.0 Å². The summed E-state index contributed by atoms with van der Waals surface area (Å²) in [6.07, 6.45) is 1.32. The number of aromatic nitrogens is 5. The summed E-state index contributed by atoms with van der Waals surface area (Å²) in [7, 11) is 1.43. The van der Waals surface area contributed by atoms with Crippen LogP contribution >= 0.6 is 0 Å². The summed E-state index contributed by atoms with van der Waals surface area (Å²) in [5.41, 5.74) is 8.61. The summed E-state index contributed by atoms with van der Waals surface area (Å²) in [4.78, 5) is 22.5. The van der Waals surface area contributed by atoms with Crippen molar-refractivity contribution in [3.05, 3.63) is 51.3 Å². The molecule has 3 rings (SSSR count). The van der Waals surface area contributed by atoms with Gasteiger partial charge in [0, 0.05) is 19.2 Å². The Kier molecular flexibility index (Phi) is 5.31. The van der Waals surface area contributed by atoms with E-state index in [2.05, 4.69) is 35.8 Å². The van der Waals surface area contributed by atoms with E-state index in [4.69, 9.17) is 10.5 Å². The molecule has 0 bridgehead atoms. The molecule has 3 N–H and O–H groups in total. The minimum atomic E-state index is -0.661. The van der Waals surface area contributed by atoms with E-state index in [1.54, 1.807) is 0 Å². The molecule has 3 aromatic rings. The SMILES string of the molecule is COCc1c(C(=O)NN=Cc2ccc([N+](=O)[O-])cc2)nnn1-c1nonc1N. The molecule has 0 spiro atoms. The van der Waals surface area contributed by atoms with E-state index < -0.39 is 10.8 Å². The van der Waals surface area contributed by atoms with Gasteiger partial charge in [0.05, 0.1) is 17.7 Å². The van der Waals surface area contributed by atoms with Crippen LogP contribution in [0, 0.1) is 10.1 Å². The number of nitro groups is 1. The topological polar surface area (TPSA) is 189 Å². The molecule has 14 heteroatoms. The van der Waals surface area contributed by atoms with Gasteiger partial charge in [0.25, 0.3) is 11.6 Å². The summed E-state index contributed by atoms with van der Waals surface area (Å²) in [5.74, 6) is -0.634. The number of benzene rings is 1. The number of carbonyl (C=O) groups is 1. The predicted octanol–water partition coefficient (Wildman–Crippen LogP) is 0.0510. The van der Waals surface area contributed by atoms with E-state index in [0.29, 0.717) is 5.56 Å². The maximum absolute atomic E-state index is 12.4. The molecule has 0 aliphatic rings. The number of hydrogen-bond acceptors (Lipinski definition) is 11. The highest BCUT2D eigenvalue weighted by Gasteiger charge is 2.23. The first-order valence-electron chi connectivity index (χ1n) is 7.61. The fourth-order valence-corrected chi connectivity index (χ4v) is 2.15. The number of nitrogen functional groups attached to an aromatic ring is 1. The fourth-order valence-electron chi connectivity index (χ4n) is 2.15.